The molecule has 0 amide bonds. The zero-order chi connectivity index (χ0) is 24.8. The molecule has 0 saturated heterocycles. The highest BCUT2D eigenvalue weighted by Gasteiger charge is 2.41. The van der Waals surface area contributed by atoms with E-state index in [0.29, 0.717) is 17.4 Å². The van der Waals surface area contributed by atoms with Gasteiger partial charge in [0, 0.05) is 16.7 Å². The van der Waals surface area contributed by atoms with Crippen LogP contribution in [0.5, 0.6) is 23.0 Å². The van der Waals surface area contributed by atoms with Crippen molar-refractivity contribution in [2.24, 2.45) is 0 Å². The summed E-state index contributed by atoms with van der Waals surface area (Å²) in [6.45, 7) is 2.08. The Morgan fingerprint density at radius 2 is 1.64 bits per heavy atom. The lowest BCUT2D eigenvalue weighted by Gasteiger charge is -2.39. The monoisotopic (exact) mass is 482 g/mol. The molecule has 2 unspecified atom stereocenters. The molecule has 4 aromatic rings. The van der Waals surface area contributed by atoms with Gasteiger partial charge in [-0.15, -0.1) is 0 Å². The van der Waals surface area contributed by atoms with Crippen molar-refractivity contribution in [2.75, 3.05) is 26.6 Å². The number of nitrogens with zero attached hydrogens (tertiary/aromatic N) is 3. The Kier molecular flexibility index (Phi) is 5.29. The van der Waals surface area contributed by atoms with Crippen molar-refractivity contribution in [3.05, 3.63) is 94.8 Å². The molecule has 3 heterocycles. The average molecular weight is 483 g/mol. The summed E-state index contributed by atoms with van der Waals surface area (Å²) in [6.07, 6.45) is 1.15. The molecule has 8 heteroatoms. The van der Waals surface area contributed by atoms with E-state index in [0.717, 1.165) is 39.5 Å². The number of hydrogen-bond acceptors (Lipinski definition) is 7. The van der Waals surface area contributed by atoms with Crippen LogP contribution in [0.2, 0.25) is 0 Å². The zero-order valence-corrected chi connectivity index (χ0v) is 20.5. The molecule has 0 spiro atoms. The van der Waals surface area contributed by atoms with Gasteiger partial charge in [-0.05, 0) is 42.8 Å². The number of nitrogens with one attached hydrogen (secondary N) is 1. The van der Waals surface area contributed by atoms with Crippen LogP contribution in [-0.2, 0) is 0 Å². The predicted molar refractivity (Wildman–Crippen MR) is 136 cm³/mol. The summed E-state index contributed by atoms with van der Waals surface area (Å²) in [6, 6.07) is 20.0. The minimum atomic E-state index is -0.420. The Morgan fingerprint density at radius 3 is 2.39 bits per heavy atom. The van der Waals surface area contributed by atoms with Crippen molar-refractivity contribution >= 4 is 11.6 Å². The quantitative estimate of drug-likeness (QED) is 0.420. The minimum absolute atomic E-state index is 0.239. The summed E-state index contributed by atoms with van der Waals surface area (Å²) in [5.74, 6) is 3.46. The first-order valence-electron chi connectivity index (χ1n) is 11.7. The SMILES string of the molecule is COc1ccc2c(c1)C1=C(C(c3ccc(OC)c(OC)c3)O2)C(c2ccc(C)cc2)n2ncnc2N1. The van der Waals surface area contributed by atoms with Crippen molar-refractivity contribution in [3.8, 4) is 23.0 Å². The molecule has 0 fully saturated rings. The summed E-state index contributed by atoms with van der Waals surface area (Å²) in [5, 5.41) is 8.12. The molecule has 0 radical (unpaired) electrons. The van der Waals surface area contributed by atoms with Crippen LogP contribution in [0.15, 0.2) is 72.6 Å². The third-order valence-corrected chi connectivity index (χ3v) is 6.72. The molecule has 6 rings (SSSR count). The Bertz CT molecular complexity index is 1480. The second kappa shape index (κ2) is 8.64. The fourth-order valence-corrected chi connectivity index (χ4v) is 4.94. The summed E-state index contributed by atoms with van der Waals surface area (Å²) in [4.78, 5) is 4.50. The minimum Gasteiger partial charge on any atom is -0.497 e. The number of aryl methyl sites for hydroxylation is 1. The average Bonchev–Trinajstić information content (AvgIpc) is 3.39. The number of ether oxygens (including phenoxy) is 4. The van der Waals surface area contributed by atoms with Gasteiger partial charge >= 0.3 is 0 Å². The van der Waals surface area contributed by atoms with Gasteiger partial charge in [0.15, 0.2) is 11.5 Å². The van der Waals surface area contributed by atoms with Crippen LogP contribution in [0.3, 0.4) is 0 Å². The van der Waals surface area contributed by atoms with Gasteiger partial charge in [0.25, 0.3) is 0 Å². The number of hydrogen-bond donors (Lipinski definition) is 1. The van der Waals surface area contributed by atoms with Gasteiger partial charge < -0.3 is 24.3 Å². The molecule has 1 aromatic heterocycles. The number of anilines is 1. The fourth-order valence-electron chi connectivity index (χ4n) is 4.94. The molecule has 2 aliphatic rings. The van der Waals surface area contributed by atoms with Gasteiger partial charge in [-0.1, -0.05) is 35.9 Å². The van der Waals surface area contributed by atoms with E-state index in [-0.39, 0.29) is 6.04 Å². The number of methoxy groups -OCH3 is 3. The lowest BCUT2D eigenvalue weighted by Crippen LogP contribution is -2.32. The summed E-state index contributed by atoms with van der Waals surface area (Å²) in [7, 11) is 4.92. The van der Waals surface area contributed by atoms with Gasteiger partial charge in [0.05, 0.1) is 27.0 Å². The largest absolute Gasteiger partial charge is 0.497 e. The lowest BCUT2D eigenvalue weighted by molar-refractivity contribution is 0.222. The van der Waals surface area contributed by atoms with Crippen LogP contribution >= 0.6 is 0 Å². The smallest absolute Gasteiger partial charge is 0.226 e. The highest BCUT2D eigenvalue weighted by atomic mass is 16.5. The summed E-state index contributed by atoms with van der Waals surface area (Å²) < 4.78 is 25.3. The first-order chi connectivity index (χ1) is 17.6. The summed E-state index contributed by atoms with van der Waals surface area (Å²) in [5.41, 5.74) is 6.07. The maximum Gasteiger partial charge on any atom is 0.226 e. The van der Waals surface area contributed by atoms with Crippen LogP contribution in [0.1, 0.15) is 34.4 Å². The zero-order valence-electron chi connectivity index (χ0n) is 20.5. The van der Waals surface area contributed by atoms with Crippen LogP contribution in [0.4, 0.5) is 5.95 Å². The maximum absolute atomic E-state index is 6.72. The Balaban J connectivity index is 1.61. The normalized spacial score (nSPS) is 17.8. The molecule has 0 aliphatic carbocycles. The van der Waals surface area contributed by atoms with E-state index in [4.69, 9.17) is 18.9 Å². The molecule has 182 valence electrons. The topological polar surface area (TPSA) is 79.7 Å². The fraction of sp³-hybridized carbons (Fsp3) is 0.214. The molecule has 8 nitrogen and oxygen atoms in total. The first-order valence-corrected chi connectivity index (χ1v) is 11.7. The molecule has 2 aliphatic heterocycles. The van der Waals surface area contributed by atoms with E-state index in [1.54, 1.807) is 27.7 Å². The highest BCUT2D eigenvalue weighted by molar-refractivity contribution is 5.85. The Morgan fingerprint density at radius 1 is 0.861 bits per heavy atom. The van der Waals surface area contributed by atoms with Crippen LogP contribution in [0.25, 0.3) is 5.70 Å². The molecule has 36 heavy (non-hydrogen) atoms. The maximum atomic E-state index is 6.72. The number of fused-ring (bicyclic) bond motifs is 3. The van der Waals surface area contributed by atoms with Crippen molar-refractivity contribution in [2.45, 2.75) is 19.1 Å². The van der Waals surface area contributed by atoms with Gasteiger partial charge in [0.2, 0.25) is 5.95 Å². The molecule has 0 saturated carbocycles. The second-order valence-electron chi connectivity index (χ2n) is 8.77. The van der Waals surface area contributed by atoms with Crippen LogP contribution in [-0.4, -0.2) is 36.1 Å². The Labute approximate surface area is 209 Å². The van der Waals surface area contributed by atoms with E-state index in [1.165, 1.54) is 5.56 Å². The number of benzene rings is 3. The number of aromatic nitrogens is 3. The van der Waals surface area contributed by atoms with E-state index in [1.807, 2.05) is 41.1 Å². The van der Waals surface area contributed by atoms with Gasteiger partial charge in [-0.2, -0.15) is 10.1 Å². The van der Waals surface area contributed by atoms with Crippen molar-refractivity contribution < 1.29 is 18.9 Å². The third kappa shape index (κ3) is 3.45. The molecule has 3 aromatic carbocycles. The summed E-state index contributed by atoms with van der Waals surface area (Å²) >= 11 is 0. The van der Waals surface area contributed by atoms with Crippen molar-refractivity contribution in [1.82, 2.24) is 14.8 Å². The molecule has 1 N–H and O–H groups in total. The Hall–Kier alpha value is -4.46. The van der Waals surface area contributed by atoms with E-state index in [2.05, 4.69) is 46.6 Å². The van der Waals surface area contributed by atoms with Crippen LogP contribution in [0, 0.1) is 6.92 Å². The molecule has 0 bridgehead atoms. The molecular formula is C28H26N4O4. The molecular weight excluding hydrogens is 456 g/mol. The lowest BCUT2D eigenvalue weighted by atomic mass is 9.84. The van der Waals surface area contributed by atoms with Gasteiger partial charge in [-0.25, -0.2) is 4.68 Å². The van der Waals surface area contributed by atoms with E-state index in [9.17, 15) is 0 Å². The third-order valence-electron chi connectivity index (χ3n) is 6.72. The predicted octanol–water partition coefficient (Wildman–Crippen LogP) is 5.17. The van der Waals surface area contributed by atoms with E-state index < -0.39 is 6.10 Å². The van der Waals surface area contributed by atoms with Crippen molar-refractivity contribution in [1.29, 1.82) is 0 Å². The van der Waals surface area contributed by atoms with Crippen molar-refractivity contribution in [3.63, 3.8) is 0 Å². The second-order valence-corrected chi connectivity index (χ2v) is 8.77. The first kappa shape index (κ1) is 22.0. The van der Waals surface area contributed by atoms with Gasteiger partial charge in [0.1, 0.15) is 30.0 Å². The number of rotatable bonds is 5. The molecule has 2 atom stereocenters. The standard InChI is InChI=1S/C28H26N4O4/c1-16-5-7-17(8-6-16)26-24-25(31-28-29-15-30-32(26)28)20-14-19(33-2)10-12-21(20)36-27(24)18-9-11-22(34-3)23(13-18)35-4/h5-15,26-27H,1-4H3,(H,29,30,31). The highest BCUT2D eigenvalue weighted by Crippen LogP contribution is 2.51. The van der Waals surface area contributed by atoms with Gasteiger partial charge in [-0.3, -0.25) is 0 Å². The van der Waals surface area contributed by atoms with Crippen LogP contribution < -0.4 is 24.3 Å². The van der Waals surface area contributed by atoms with E-state index >= 15 is 0 Å².